The van der Waals surface area contributed by atoms with Gasteiger partial charge in [0.1, 0.15) is 0 Å². The molecular formula is C18H22ClN2O3S. The number of carbonyl (C=O) groups is 1. The average molecular weight is 382 g/mol. The Bertz CT molecular complexity index is 809. The molecule has 1 fully saturated rings. The van der Waals surface area contributed by atoms with Crippen LogP contribution < -0.4 is 5.32 Å². The van der Waals surface area contributed by atoms with Crippen LogP contribution in [0, 0.1) is 0 Å². The molecule has 135 valence electrons. The quantitative estimate of drug-likeness (QED) is 0.807. The number of benzene rings is 1. The second-order valence-corrected chi connectivity index (χ2v) is 9.06. The van der Waals surface area contributed by atoms with E-state index in [4.69, 9.17) is 11.6 Å². The van der Waals surface area contributed by atoms with Gasteiger partial charge in [0.2, 0.25) is 15.9 Å². The maximum atomic E-state index is 13.2. The Morgan fingerprint density at radius 1 is 1.20 bits per heavy atom. The highest BCUT2D eigenvalue weighted by Crippen LogP contribution is 2.50. The number of nitrogens with zero attached hydrogens (tertiary/aromatic N) is 2. The van der Waals surface area contributed by atoms with Gasteiger partial charge in [-0.05, 0) is 36.1 Å². The molecule has 0 aromatic heterocycles. The third-order valence-corrected chi connectivity index (χ3v) is 7.62. The molecule has 1 amide bonds. The van der Waals surface area contributed by atoms with Crippen molar-refractivity contribution in [2.75, 3.05) is 13.6 Å². The summed E-state index contributed by atoms with van der Waals surface area (Å²) < 4.78 is 27.9. The molecule has 1 aliphatic heterocycles. The molecule has 0 bridgehead atoms. The highest BCUT2D eigenvalue weighted by Gasteiger charge is 2.53. The third kappa shape index (κ3) is 3.11. The van der Waals surface area contributed by atoms with Crippen molar-refractivity contribution in [1.82, 2.24) is 9.62 Å². The van der Waals surface area contributed by atoms with Crippen LogP contribution in [-0.4, -0.2) is 37.8 Å². The number of carbonyl (C=O) groups excluding carboxylic acids is 1. The maximum Gasteiger partial charge on any atom is 0.244 e. The number of rotatable bonds is 3. The van der Waals surface area contributed by atoms with Crippen molar-refractivity contribution in [3.05, 3.63) is 40.4 Å². The van der Waals surface area contributed by atoms with E-state index in [-0.39, 0.29) is 12.5 Å². The lowest BCUT2D eigenvalue weighted by Gasteiger charge is -2.40. The summed E-state index contributed by atoms with van der Waals surface area (Å²) in [6, 6.07) is 6.81. The third-order valence-electron chi connectivity index (χ3n) is 5.30. The molecule has 25 heavy (non-hydrogen) atoms. The van der Waals surface area contributed by atoms with E-state index in [1.165, 1.54) is 11.2 Å². The SMILES string of the molecule is CC(=O)[N]CC1=C(c2ccc(Cl)cc2)S(=O)(=O)N(C)C12CCCCC2. The van der Waals surface area contributed by atoms with Crippen molar-refractivity contribution in [3.8, 4) is 0 Å². The van der Waals surface area contributed by atoms with Crippen LogP contribution in [0.2, 0.25) is 5.02 Å². The molecular weight excluding hydrogens is 360 g/mol. The molecule has 1 radical (unpaired) electrons. The summed E-state index contributed by atoms with van der Waals surface area (Å²) in [6.07, 6.45) is 4.57. The van der Waals surface area contributed by atoms with Gasteiger partial charge in [0.15, 0.2) is 0 Å². The average Bonchev–Trinajstić information content (AvgIpc) is 2.73. The number of hydrogen-bond acceptors (Lipinski definition) is 3. The molecule has 1 aliphatic carbocycles. The zero-order valence-corrected chi connectivity index (χ0v) is 16.0. The van der Waals surface area contributed by atoms with Crippen molar-refractivity contribution >= 4 is 32.4 Å². The fourth-order valence-electron chi connectivity index (χ4n) is 4.01. The summed E-state index contributed by atoms with van der Waals surface area (Å²) in [4.78, 5) is 11.7. The summed E-state index contributed by atoms with van der Waals surface area (Å²) in [5, 5.41) is 4.59. The lowest BCUT2D eigenvalue weighted by molar-refractivity contribution is -0.119. The standard InChI is InChI=1S/C18H22ClN2O3S/c1-13(22)20-12-16-17(14-6-8-15(19)9-7-14)25(23,24)21(2)18(16)10-4-3-5-11-18/h6-9H,3-5,10-12H2,1-2H3. The van der Waals surface area contributed by atoms with Gasteiger partial charge in [-0.1, -0.05) is 43.0 Å². The smallest absolute Gasteiger partial charge is 0.244 e. The van der Waals surface area contributed by atoms with Gasteiger partial charge in [0, 0.05) is 19.0 Å². The first kappa shape index (κ1) is 18.4. The minimum absolute atomic E-state index is 0.122. The number of likely N-dealkylation sites (N-methyl/N-ethyl adjacent to an activating group) is 1. The van der Waals surface area contributed by atoms with Crippen molar-refractivity contribution in [3.63, 3.8) is 0 Å². The monoisotopic (exact) mass is 381 g/mol. The molecule has 3 rings (SSSR count). The minimum atomic E-state index is -3.64. The predicted molar refractivity (Wildman–Crippen MR) is 98.6 cm³/mol. The van der Waals surface area contributed by atoms with Crippen LogP contribution in [0.4, 0.5) is 0 Å². The van der Waals surface area contributed by atoms with Gasteiger partial charge < -0.3 is 0 Å². The summed E-state index contributed by atoms with van der Waals surface area (Å²) in [5.41, 5.74) is 0.782. The number of sulfonamides is 1. The van der Waals surface area contributed by atoms with E-state index in [0.717, 1.165) is 37.7 Å². The Morgan fingerprint density at radius 3 is 2.36 bits per heavy atom. The maximum absolute atomic E-state index is 13.2. The van der Waals surface area contributed by atoms with Gasteiger partial charge in [-0.15, -0.1) is 0 Å². The molecule has 0 atom stereocenters. The minimum Gasteiger partial charge on any atom is -0.273 e. The lowest BCUT2D eigenvalue weighted by Crippen LogP contribution is -2.48. The predicted octanol–water partition coefficient (Wildman–Crippen LogP) is 3.18. The zero-order chi connectivity index (χ0) is 18.2. The second kappa shape index (κ2) is 6.74. The molecule has 1 heterocycles. The molecule has 0 saturated heterocycles. The Balaban J connectivity index is 2.20. The molecule has 1 saturated carbocycles. The molecule has 0 unspecified atom stereocenters. The van der Waals surface area contributed by atoms with Crippen LogP contribution in [-0.2, 0) is 14.8 Å². The number of halogens is 1. The summed E-state index contributed by atoms with van der Waals surface area (Å²) in [7, 11) is -1.99. The van der Waals surface area contributed by atoms with Crippen molar-refractivity contribution in [1.29, 1.82) is 0 Å². The van der Waals surface area contributed by atoms with Gasteiger partial charge in [-0.25, -0.2) is 13.7 Å². The number of hydrogen-bond donors (Lipinski definition) is 0. The van der Waals surface area contributed by atoms with Crippen LogP contribution in [0.25, 0.3) is 4.91 Å². The normalized spacial score (nSPS) is 22.4. The second-order valence-electron chi connectivity index (χ2n) is 6.71. The summed E-state index contributed by atoms with van der Waals surface area (Å²) in [6.45, 7) is 1.51. The Hall–Kier alpha value is -1.37. The van der Waals surface area contributed by atoms with E-state index >= 15 is 0 Å². The van der Waals surface area contributed by atoms with E-state index < -0.39 is 15.6 Å². The molecule has 1 aromatic rings. The Labute approximate surface area is 154 Å². The fourth-order valence-corrected chi connectivity index (χ4v) is 6.16. The van der Waals surface area contributed by atoms with Gasteiger partial charge in [-0.3, -0.25) is 4.79 Å². The van der Waals surface area contributed by atoms with Gasteiger partial charge >= 0.3 is 0 Å². The van der Waals surface area contributed by atoms with Crippen LogP contribution in [0.5, 0.6) is 0 Å². The molecule has 2 aliphatic rings. The van der Waals surface area contributed by atoms with E-state index in [1.54, 1.807) is 31.3 Å². The van der Waals surface area contributed by atoms with Gasteiger partial charge in [0.25, 0.3) is 0 Å². The Kier molecular flexibility index (Phi) is 4.97. The molecule has 7 heteroatoms. The van der Waals surface area contributed by atoms with Crippen molar-refractivity contribution < 1.29 is 13.2 Å². The van der Waals surface area contributed by atoms with E-state index in [1.807, 2.05) is 0 Å². The first-order valence-corrected chi connectivity index (χ1v) is 10.3. The summed E-state index contributed by atoms with van der Waals surface area (Å²) in [5.74, 6) is -0.291. The van der Waals surface area contributed by atoms with Gasteiger partial charge in [0.05, 0.1) is 17.0 Å². The van der Waals surface area contributed by atoms with Crippen LogP contribution in [0.3, 0.4) is 0 Å². The van der Waals surface area contributed by atoms with Crippen LogP contribution in [0.15, 0.2) is 29.8 Å². The molecule has 1 spiro atoms. The molecule has 5 nitrogen and oxygen atoms in total. The van der Waals surface area contributed by atoms with Crippen molar-refractivity contribution in [2.24, 2.45) is 0 Å². The first-order valence-electron chi connectivity index (χ1n) is 8.46. The highest BCUT2D eigenvalue weighted by molar-refractivity contribution is 7.98. The largest absolute Gasteiger partial charge is 0.273 e. The van der Waals surface area contributed by atoms with Crippen LogP contribution >= 0.6 is 11.6 Å². The van der Waals surface area contributed by atoms with E-state index in [0.29, 0.717) is 15.5 Å². The van der Waals surface area contributed by atoms with E-state index in [9.17, 15) is 13.2 Å². The zero-order valence-electron chi connectivity index (χ0n) is 14.5. The first-order chi connectivity index (χ1) is 11.8. The molecule has 0 N–H and O–H groups in total. The summed E-state index contributed by atoms with van der Waals surface area (Å²) >= 11 is 5.96. The van der Waals surface area contributed by atoms with Crippen LogP contribution in [0.1, 0.15) is 44.6 Å². The van der Waals surface area contributed by atoms with E-state index in [2.05, 4.69) is 5.32 Å². The van der Waals surface area contributed by atoms with Gasteiger partial charge in [-0.2, -0.15) is 4.31 Å². The topological polar surface area (TPSA) is 68.5 Å². The highest BCUT2D eigenvalue weighted by atomic mass is 35.5. The Morgan fingerprint density at radius 2 is 1.80 bits per heavy atom. The number of amides is 1. The van der Waals surface area contributed by atoms with Crippen molar-refractivity contribution in [2.45, 2.75) is 44.6 Å². The lowest BCUT2D eigenvalue weighted by atomic mass is 9.75. The molecule has 1 aromatic carbocycles. The fraction of sp³-hybridized carbons (Fsp3) is 0.500.